The predicted octanol–water partition coefficient (Wildman–Crippen LogP) is 2.78. The fraction of sp³-hybridized carbons (Fsp3) is 0.636. The summed E-state index contributed by atoms with van der Waals surface area (Å²) in [5, 5.41) is 0. The number of nitrogens with two attached hydrogens (primary N) is 1. The molecule has 0 bridgehead atoms. The minimum Gasteiger partial charge on any atom is -0.324 e. The highest BCUT2D eigenvalue weighted by Gasteiger charge is 2.17. The van der Waals surface area contributed by atoms with Gasteiger partial charge in [-0.15, -0.1) is 0 Å². The largest absolute Gasteiger partial charge is 0.324 e. The fourth-order valence-electron chi connectivity index (χ4n) is 1.82. The number of hydrogen-bond acceptors (Lipinski definition) is 1. The molecule has 2 aliphatic rings. The zero-order chi connectivity index (χ0) is 8.97. The van der Waals surface area contributed by atoms with Crippen LogP contribution in [0.2, 0.25) is 0 Å². The van der Waals surface area contributed by atoms with Crippen LogP contribution in [0.25, 0.3) is 0 Å². The first kappa shape index (κ1) is 9.53. The van der Waals surface area contributed by atoms with Gasteiger partial charge in [0.05, 0.1) is 0 Å². The minimum absolute atomic E-state index is 0.303. The molecule has 0 radical (unpaired) electrons. The van der Waals surface area contributed by atoms with Crippen LogP contribution in [0.4, 0.5) is 0 Å². The van der Waals surface area contributed by atoms with Crippen LogP contribution >= 0.6 is 0 Å². The maximum atomic E-state index is 5.77. The molecule has 1 nitrogen and oxygen atoms in total. The second-order valence-electron chi connectivity index (χ2n) is 3.17. The summed E-state index contributed by atoms with van der Waals surface area (Å²) in [6.07, 6.45) is 9.50. The van der Waals surface area contributed by atoms with Gasteiger partial charge in [-0.3, -0.25) is 0 Å². The van der Waals surface area contributed by atoms with Crippen molar-refractivity contribution in [2.24, 2.45) is 5.73 Å². The maximum Gasteiger partial charge on any atom is 0.0264 e. The fourth-order valence-corrected chi connectivity index (χ4v) is 1.82. The Morgan fingerprint density at radius 2 is 1.92 bits per heavy atom. The van der Waals surface area contributed by atoms with Crippen molar-refractivity contribution < 1.29 is 0 Å². The smallest absolute Gasteiger partial charge is 0.0264 e. The van der Waals surface area contributed by atoms with Crippen molar-refractivity contribution in [1.82, 2.24) is 0 Å². The summed E-state index contributed by atoms with van der Waals surface area (Å²) < 4.78 is 0. The highest BCUT2D eigenvalue weighted by atomic mass is 14.6. The van der Waals surface area contributed by atoms with Gasteiger partial charge in [0.1, 0.15) is 0 Å². The van der Waals surface area contributed by atoms with Crippen molar-refractivity contribution in [3.8, 4) is 0 Å². The van der Waals surface area contributed by atoms with Gasteiger partial charge in [0.25, 0.3) is 0 Å². The van der Waals surface area contributed by atoms with Crippen LogP contribution in [0.5, 0.6) is 0 Å². The number of rotatable bonds is 0. The van der Waals surface area contributed by atoms with Gasteiger partial charge in [0.15, 0.2) is 0 Å². The molecule has 1 atom stereocenters. The van der Waals surface area contributed by atoms with E-state index in [9.17, 15) is 0 Å². The molecule has 68 valence electrons. The molecule has 2 N–H and O–H groups in total. The van der Waals surface area contributed by atoms with Crippen LogP contribution in [0.3, 0.4) is 0 Å². The molecule has 0 spiro atoms. The van der Waals surface area contributed by atoms with Crippen LogP contribution in [0, 0.1) is 0 Å². The molecule has 0 aliphatic heterocycles. The number of fused-ring (bicyclic) bond motifs is 1. The standard InChI is InChI=1S/C9H13N.C2H6/c10-9-5-4-7-2-1-3-8(7)6-9;1-2/h4,6,9H,1-3,5,10H2;1-2H3. The second kappa shape index (κ2) is 4.46. The van der Waals surface area contributed by atoms with E-state index in [2.05, 4.69) is 12.2 Å². The van der Waals surface area contributed by atoms with E-state index in [0.29, 0.717) is 6.04 Å². The van der Waals surface area contributed by atoms with Crippen LogP contribution in [0.1, 0.15) is 39.5 Å². The summed E-state index contributed by atoms with van der Waals surface area (Å²) >= 11 is 0. The van der Waals surface area contributed by atoms with Crippen molar-refractivity contribution in [3.63, 3.8) is 0 Å². The summed E-state index contributed by atoms with van der Waals surface area (Å²) in [6, 6.07) is 0.303. The lowest BCUT2D eigenvalue weighted by molar-refractivity contribution is 0.807. The summed E-state index contributed by atoms with van der Waals surface area (Å²) in [7, 11) is 0. The molecule has 12 heavy (non-hydrogen) atoms. The third-order valence-electron chi connectivity index (χ3n) is 2.36. The van der Waals surface area contributed by atoms with E-state index in [1.54, 1.807) is 5.57 Å². The summed E-state index contributed by atoms with van der Waals surface area (Å²) in [5.74, 6) is 0. The summed E-state index contributed by atoms with van der Waals surface area (Å²) in [6.45, 7) is 4.00. The van der Waals surface area contributed by atoms with E-state index in [-0.39, 0.29) is 0 Å². The Bertz CT molecular complexity index is 201. The van der Waals surface area contributed by atoms with E-state index >= 15 is 0 Å². The molecule has 1 fully saturated rings. The summed E-state index contributed by atoms with van der Waals surface area (Å²) in [5.41, 5.74) is 8.87. The lowest BCUT2D eigenvalue weighted by Crippen LogP contribution is -2.18. The lowest BCUT2D eigenvalue weighted by Gasteiger charge is -2.12. The Labute approximate surface area is 75.3 Å². The van der Waals surface area contributed by atoms with Crippen LogP contribution in [-0.4, -0.2) is 6.04 Å². The molecule has 1 saturated carbocycles. The van der Waals surface area contributed by atoms with Crippen molar-refractivity contribution in [2.75, 3.05) is 0 Å². The molecular formula is C11H19N. The quantitative estimate of drug-likeness (QED) is 0.587. The molecule has 0 aromatic carbocycles. The van der Waals surface area contributed by atoms with Crippen molar-refractivity contribution in [1.29, 1.82) is 0 Å². The van der Waals surface area contributed by atoms with Crippen molar-refractivity contribution in [3.05, 3.63) is 23.3 Å². The number of hydrogen-bond donors (Lipinski definition) is 1. The summed E-state index contributed by atoms with van der Waals surface area (Å²) in [4.78, 5) is 0. The zero-order valence-corrected chi connectivity index (χ0v) is 8.14. The van der Waals surface area contributed by atoms with Gasteiger partial charge in [0.2, 0.25) is 0 Å². The van der Waals surface area contributed by atoms with Crippen LogP contribution < -0.4 is 5.73 Å². The lowest BCUT2D eigenvalue weighted by atomic mass is 9.98. The van der Waals surface area contributed by atoms with Gasteiger partial charge < -0.3 is 5.73 Å². The van der Waals surface area contributed by atoms with Gasteiger partial charge in [-0.2, -0.15) is 0 Å². The maximum absolute atomic E-state index is 5.77. The zero-order valence-electron chi connectivity index (χ0n) is 8.14. The van der Waals surface area contributed by atoms with E-state index in [1.165, 1.54) is 24.8 Å². The molecular weight excluding hydrogens is 146 g/mol. The van der Waals surface area contributed by atoms with E-state index in [1.807, 2.05) is 13.8 Å². The first-order valence-electron chi connectivity index (χ1n) is 5.02. The van der Waals surface area contributed by atoms with Gasteiger partial charge in [-0.1, -0.05) is 26.0 Å². The molecule has 2 aliphatic carbocycles. The average molecular weight is 165 g/mol. The highest BCUT2D eigenvalue weighted by Crippen LogP contribution is 2.33. The van der Waals surface area contributed by atoms with Gasteiger partial charge >= 0.3 is 0 Å². The highest BCUT2D eigenvalue weighted by molar-refractivity contribution is 5.38. The Morgan fingerprint density at radius 3 is 2.67 bits per heavy atom. The van der Waals surface area contributed by atoms with E-state index < -0.39 is 0 Å². The monoisotopic (exact) mass is 165 g/mol. The van der Waals surface area contributed by atoms with Crippen LogP contribution in [0.15, 0.2) is 23.3 Å². The second-order valence-corrected chi connectivity index (χ2v) is 3.17. The molecule has 1 heteroatoms. The Kier molecular flexibility index (Phi) is 3.54. The van der Waals surface area contributed by atoms with Gasteiger partial charge in [-0.25, -0.2) is 0 Å². The first-order chi connectivity index (χ1) is 5.86. The van der Waals surface area contributed by atoms with Crippen LogP contribution in [-0.2, 0) is 0 Å². The molecule has 0 saturated heterocycles. The normalized spacial score (nSPS) is 26.4. The Hall–Kier alpha value is -0.560. The van der Waals surface area contributed by atoms with Gasteiger partial charge in [0, 0.05) is 6.04 Å². The van der Waals surface area contributed by atoms with Gasteiger partial charge in [-0.05, 0) is 36.8 Å². The third kappa shape index (κ3) is 1.98. The van der Waals surface area contributed by atoms with E-state index in [4.69, 9.17) is 5.73 Å². The third-order valence-corrected chi connectivity index (χ3v) is 2.36. The molecule has 0 aromatic heterocycles. The Balaban J connectivity index is 0.000000336. The minimum atomic E-state index is 0.303. The number of allylic oxidation sites excluding steroid dienone is 2. The molecule has 0 heterocycles. The molecule has 2 rings (SSSR count). The average Bonchev–Trinajstić information content (AvgIpc) is 2.54. The topological polar surface area (TPSA) is 26.0 Å². The first-order valence-corrected chi connectivity index (χ1v) is 5.02. The molecule has 0 aromatic rings. The van der Waals surface area contributed by atoms with E-state index in [0.717, 1.165) is 6.42 Å². The SMILES string of the molecule is CC.NC1C=C2CCCC2=CC1. The predicted molar refractivity (Wildman–Crippen MR) is 54.0 cm³/mol. The molecule has 1 unspecified atom stereocenters. The van der Waals surface area contributed by atoms with Crippen molar-refractivity contribution in [2.45, 2.75) is 45.6 Å². The Morgan fingerprint density at radius 1 is 1.25 bits per heavy atom. The molecule has 0 amide bonds. The van der Waals surface area contributed by atoms with Crippen molar-refractivity contribution >= 4 is 0 Å².